The summed E-state index contributed by atoms with van der Waals surface area (Å²) in [4.78, 5) is 0. The predicted octanol–water partition coefficient (Wildman–Crippen LogP) is 2.56. The zero-order valence-corrected chi connectivity index (χ0v) is 10.5. The fraction of sp³-hybridized carbons (Fsp3) is 0.857. The molecule has 0 saturated heterocycles. The number of rotatable bonds is 3. The van der Waals surface area contributed by atoms with Gasteiger partial charge in [0.15, 0.2) is 0 Å². The summed E-state index contributed by atoms with van der Waals surface area (Å²) in [5, 5.41) is 8.83. The minimum atomic E-state index is -2.20. The molecular formula is C7H15NPb. The third-order valence-corrected chi connectivity index (χ3v) is 19.9. The molecule has 9 heavy (non-hydrogen) atoms. The van der Waals surface area contributed by atoms with Gasteiger partial charge in [0.05, 0.1) is 0 Å². The number of nitriles is 1. The summed E-state index contributed by atoms with van der Waals surface area (Å²) < 4.78 is 6.20. The number of hydrogen-bond acceptors (Lipinski definition) is 1. The molecule has 0 unspecified atom stereocenters. The fourth-order valence-corrected chi connectivity index (χ4v) is 8.66. The van der Waals surface area contributed by atoms with Crippen LogP contribution in [0.3, 0.4) is 0 Å². The van der Waals surface area contributed by atoms with E-state index in [2.05, 4.69) is 24.4 Å². The van der Waals surface area contributed by atoms with E-state index < -0.39 is 21.2 Å². The van der Waals surface area contributed by atoms with Crippen molar-refractivity contribution < 1.29 is 0 Å². The summed E-state index contributed by atoms with van der Waals surface area (Å²) in [5.41, 5.74) is 0. The second-order valence-electron chi connectivity index (χ2n) is 2.45. The molecule has 0 saturated carbocycles. The van der Waals surface area contributed by atoms with Crippen LogP contribution in [-0.2, 0) is 0 Å². The van der Waals surface area contributed by atoms with Gasteiger partial charge in [-0.2, -0.15) is 0 Å². The Kier molecular flexibility index (Phi) is 4.46. The van der Waals surface area contributed by atoms with Crippen molar-refractivity contribution in [1.82, 2.24) is 0 Å². The van der Waals surface area contributed by atoms with Crippen molar-refractivity contribution in [2.45, 2.75) is 32.7 Å². The van der Waals surface area contributed by atoms with Crippen LogP contribution in [0.5, 0.6) is 0 Å². The second-order valence-corrected chi connectivity index (χ2v) is 21.5. The Morgan fingerprint density at radius 2 is 1.44 bits per heavy atom. The van der Waals surface area contributed by atoms with Crippen molar-refractivity contribution in [3.05, 3.63) is 0 Å². The van der Waals surface area contributed by atoms with Crippen LogP contribution in [0.25, 0.3) is 0 Å². The predicted molar refractivity (Wildman–Crippen MR) is 42.8 cm³/mol. The molecule has 0 aromatic carbocycles. The molecule has 0 aliphatic heterocycles. The van der Waals surface area contributed by atoms with Crippen molar-refractivity contribution >= 4 is 21.2 Å². The van der Waals surface area contributed by atoms with Crippen molar-refractivity contribution in [1.29, 1.82) is 5.26 Å². The molecule has 0 aromatic heterocycles. The second kappa shape index (κ2) is 4.26. The first kappa shape index (κ1) is 9.41. The summed E-state index contributed by atoms with van der Waals surface area (Å²) in [6.45, 7) is 6.54. The molecule has 0 atom stereocenters. The van der Waals surface area contributed by atoms with Gasteiger partial charge in [-0.15, -0.1) is 0 Å². The van der Waals surface area contributed by atoms with E-state index in [1.807, 2.05) is 0 Å². The Morgan fingerprint density at radius 1 is 1.11 bits per heavy atom. The van der Waals surface area contributed by atoms with Gasteiger partial charge in [0, 0.05) is 0 Å². The maximum atomic E-state index is 8.83. The summed E-state index contributed by atoms with van der Waals surface area (Å²) >= 11 is -2.20. The molecule has 0 bridgehead atoms. The standard InChI is InChI=1S/3C2H5.CN.Pb/c4*1-2;/h3*1H2,2H3;;. The van der Waals surface area contributed by atoms with Crippen LogP contribution in [0.1, 0.15) is 20.8 Å². The van der Waals surface area contributed by atoms with Crippen molar-refractivity contribution in [3.63, 3.8) is 0 Å². The van der Waals surface area contributed by atoms with Crippen LogP contribution in [0.15, 0.2) is 0 Å². The molecule has 2 heteroatoms. The summed E-state index contributed by atoms with van der Waals surface area (Å²) in [6, 6.07) is 0. The van der Waals surface area contributed by atoms with E-state index in [1.54, 1.807) is 0 Å². The van der Waals surface area contributed by atoms with Gasteiger partial charge >= 0.3 is 62.8 Å². The normalized spacial score (nSPS) is 10.9. The Bertz CT molecular complexity index is 102. The molecule has 0 amide bonds. The first-order chi connectivity index (χ1) is 4.24. The maximum absolute atomic E-state index is 8.83. The summed E-state index contributed by atoms with van der Waals surface area (Å²) in [7, 11) is 0. The molecule has 0 fully saturated rings. The first-order valence-electron chi connectivity index (χ1n) is 3.66. The first-order valence-corrected chi connectivity index (χ1v) is 13.8. The topological polar surface area (TPSA) is 23.8 Å². The van der Waals surface area contributed by atoms with E-state index in [0.717, 1.165) is 0 Å². The molecule has 0 radical (unpaired) electrons. The van der Waals surface area contributed by atoms with E-state index in [-0.39, 0.29) is 0 Å². The molecule has 0 heterocycles. The van der Waals surface area contributed by atoms with E-state index in [4.69, 9.17) is 5.26 Å². The third-order valence-electron chi connectivity index (χ3n) is 2.27. The fourth-order valence-electron chi connectivity index (χ4n) is 0.987. The average molecular weight is 320 g/mol. The molecule has 0 aromatic rings. The van der Waals surface area contributed by atoms with Gasteiger partial charge in [0.25, 0.3) is 0 Å². The molecular weight excluding hydrogens is 305 g/mol. The van der Waals surface area contributed by atoms with Gasteiger partial charge in [-0.25, -0.2) is 0 Å². The van der Waals surface area contributed by atoms with Gasteiger partial charge in [0.1, 0.15) is 0 Å². The van der Waals surface area contributed by atoms with Crippen LogP contribution >= 0.6 is 0 Å². The molecule has 0 aliphatic rings. The molecule has 0 spiro atoms. The number of nitrogens with zero attached hydrogens (tertiary/aromatic N) is 1. The zero-order chi connectivity index (χ0) is 7.33. The molecule has 0 N–H and O–H groups in total. The molecule has 0 aliphatic carbocycles. The molecule has 1 nitrogen and oxygen atoms in total. The minimum absolute atomic E-state index is 1.20. The van der Waals surface area contributed by atoms with Crippen LogP contribution in [0.4, 0.5) is 0 Å². The van der Waals surface area contributed by atoms with Crippen LogP contribution in [0.2, 0.25) is 11.9 Å². The van der Waals surface area contributed by atoms with Gasteiger partial charge < -0.3 is 0 Å². The monoisotopic (exact) mass is 321 g/mol. The average Bonchev–Trinajstić information content (AvgIpc) is 1.95. The van der Waals surface area contributed by atoms with Crippen molar-refractivity contribution in [2.75, 3.05) is 0 Å². The Morgan fingerprint density at radius 3 is 1.44 bits per heavy atom. The van der Waals surface area contributed by atoms with Crippen LogP contribution < -0.4 is 0 Å². The van der Waals surface area contributed by atoms with Crippen molar-refractivity contribution in [3.8, 4) is 3.63 Å². The van der Waals surface area contributed by atoms with Crippen molar-refractivity contribution in [2.24, 2.45) is 0 Å². The quantitative estimate of drug-likeness (QED) is 0.733. The molecule has 0 rings (SSSR count). The van der Waals surface area contributed by atoms with E-state index in [9.17, 15) is 0 Å². The van der Waals surface area contributed by atoms with Crippen LogP contribution in [0, 0.1) is 8.89 Å². The van der Waals surface area contributed by atoms with Gasteiger partial charge in [-0.1, -0.05) is 0 Å². The zero-order valence-electron chi connectivity index (χ0n) is 6.57. The van der Waals surface area contributed by atoms with E-state index in [1.165, 1.54) is 11.9 Å². The number of hydrogen-bond donors (Lipinski definition) is 0. The third kappa shape index (κ3) is 2.24. The van der Waals surface area contributed by atoms with E-state index >= 15 is 0 Å². The summed E-state index contributed by atoms with van der Waals surface area (Å²) in [5.74, 6) is 0. The summed E-state index contributed by atoms with van der Waals surface area (Å²) in [6.07, 6.45) is 0. The van der Waals surface area contributed by atoms with Gasteiger partial charge in [-0.3, -0.25) is 0 Å². The van der Waals surface area contributed by atoms with Gasteiger partial charge in [0.2, 0.25) is 0 Å². The Hall–Kier alpha value is 0.412. The SMILES string of the molecule is C[CH2][Pb]([C]#N)([CH2]C)[CH2]C. The Balaban J connectivity index is 4.04. The Labute approximate surface area is 62.7 Å². The van der Waals surface area contributed by atoms with Crippen LogP contribution in [-0.4, -0.2) is 21.2 Å². The van der Waals surface area contributed by atoms with Gasteiger partial charge in [-0.05, 0) is 0 Å². The molecule has 52 valence electrons. The van der Waals surface area contributed by atoms with E-state index in [0.29, 0.717) is 0 Å².